The Morgan fingerprint density at radius 2 is 1.94 bits per heavy atom. The van der Waals surface area contributed by atoms with Gasteiger partial charge in [-0.25, -0.2) is 0 Å². The molecule has 2 heteroatoms. The number of hydrogen-bond acceptors (Lipinski definition) is 1. The van der Waals surface area contributed by atoms with Crippen molar-refractivity contribution >= 4 is 5.78 Å². The molecule has 0 spiro atoms. The number of aryl methyl sites for hydroxylation is 2. The van der Waals surface area contributed by atoms with E-state index in [4.69, 9.17) is 0 Å². The van der Waals surface area contributed by atoms with Gasteiger partial charge in [-0.2, -0.15) is 4.57 Å². The number of rotatable bonds is 3. The molecule has 17 heavy (non-hydrogen) atoms. The van der Waals surface area contributed by atoms with E-state index in [2.05, 4.69) is 0 Å². The number of ketones is 1. The van der Waals surface area contributed by atoms with Gasteiger partial charge in [-0.05, 0) is 13.0 Å². The van der Waals surface area contributed by atoms with E-state index in [-0.39, 0.29) is 5.78 Å². The highest BCUT2D eigenvalue weighted by Crippen LogP contribution is 2.05. The van der Waals surface area contributed by atoms with Gasteiger partial charge in [-0.15, -0.1) is 0 Å². The van der Waals surface area contributed by atoms with Gasteiger partial charge in [-0.1, -0.05) is 29.8 Å². The molecule has 0 aliphatic rings. The minimum Gasteiger partial charge on any atom is -0.287 e. The first-order chi connectivity index (χ1) is 8.16. The molecule has 0 amide bonds. The zero-order chi connectivity index (χ0) is 12.3. The molecule has 0 N–H and O–H groups in total. The number of hydrogen-bond donors (Lipinski definition) is 0. The Hall–Kier alpha value is -1.96. The zero-order valence-electron chi connectivity index (χ0n) is 10.2. The zero-order valence-corrected chi connectivity index (χ0v) is 10.2. The van der Waals surface area contributed by atoms with E-state index in [1.54, 1.807) is 0 Å². The molecule has 0 radical (unpaired) electrons. The Kier molecular flexibility index (Phi) is 3.33. The second-order valence-electron chi connectivity index (χ2n) is 4.26. The standard InChI is InChI=1S/C15H16NO/c1-12-6-5-8-14(10-12)15(17)11-16-9-4-3-7-13(16)2/h3-10H,11H2,1-2H3/q+1. The molecule has 0 atom stereocenters. The summed E-state index contributed by atoms with van der Waals surface area (Å²) in [4.78, 5) is 12.1. The molecule has 1 aromatic heterocycles. The number of aromatic nitrogens is 1. The Morgan fingerprint density at radius 1 is 1.12 bits per heavy atom. The normalized spacial score (nSPS) is 10.2. The number of Topliss-reactive ketones (excluding diaryl/α,β-unsaturated/α-hetero) is 1. The Bertz CT molecular complexity index is 546. The van der Waals surface area contributed by atoms with Gasteiger partial charge in [-0.3, -0.25) is 4.79 Å². The third-order valence-corrected chi connectivity index (χ3v) is 2.82. The largest absolute Gasteiger partial charge is 0.287 e. The third kappa shape index (κ3) is 2.78. The number of benzene rings is 1. The van der Waals surface area contributed by atoms with Crippen LogP contribution in [-0.2, 0) is 6.54 Å². The van der Waals surface area contributed by atoms with E-state index in [0.717, 1.165) is 16.8 Å². The predicted molar refractivity (Wildman–Crippen MR) is 66.9 cm³/mol. The predicted octanol–water partition coefficient (Wildman–Crippen LogP) is 2.47. The van der Waals surface area contributed by atoms with Gasteiger partial charge in [0.05, 0.1) is 0 Å². The summed E-state index contributed by atoms with van der Waals surface area (Å²) in [7, 11) is 0. The van der Waals surface area contributed by atoms with E-state index in [9.17, 15) is 4.79 Å². The van der Waals surface area contributed by atoms with Crippen LogP contribution >= 0.6 is 0 Å². The summed E-state index contributed by atoms with van der Waals surface area (Å²) in [6, 6.07) is 13.6. The van der Waals surface area contributed by atoms with E-state index < -0.39 is 0 Å². The van der Waals surface area contributed by atoms with Gasteiger partial charge in [0.15, 0.2) is 11.9 Å². The van der Waals surface area contributed by atoms with Crippen LogP contribution in [0.15, 0.2) is 48.7 Å². The lowest BCUT2D eigenvalue weighted by molar-refractivity contribution is -0.689. The highest BCUT2D eigenvalue weighted by molar-refractivity contribution is 5.95. The summed E-state index contributed by atoms with van der Waals surface area (Å²) >= 11 is 0. The summed E-state index contributed by atoms with van der Waals surface area (Å²) in [5.41, 5.74) is 2.99. The molecule has 1 heterocycles. The average Bonchev–Trinajstić information content (AvgIpc) is 2.32. The third-order valence-electron chi connectivity index (χ3n) is 2.82. The van der Waals surface area contributed by atoms with Crippen LogP contribution in [0.3, 0.4) is 0 Å². The average molecular weight is 226 g/mol. The monoisotopic (exact) mass is 226 g/mol. The molecule has 1 aromatic carbocycles. The van der Waals surface area contributed by atoms with E-state index in [1.807, 2.05) is 67.1 Å². The van der Waals surface area contributed by atoms with Crippen LogP contribution in [-0.4, -0.2) is 5.78 Å². The number of pyridine rings is 1. The van der Waals surface area contributed by atoms with E-state index in [0.29, 0.717) is 6.54 Å². The van der Waals surface area contributed by atoms with Gasteiger partial charge >= 0.3 is 0 Å². The maximum atomic E-state index is 12.1. The molecule has 0 unspecified atom stereocenters. The molecule has 0 fully saturated rings. The van der Waals surface area contributed by atoms with Gasteiger partial charge in [0.2, 0.25) is 12.3 Å². The van der Waals surface area contributed by atoms with Crippen LogP contribution < -0.4 is 4.57 Å². The first-order valence-electron chi connectivity index (χ1n) is 5.72. The summed E-state index contributed by atoms with van der Waals surface area (Å²) < 4.78 is 1.96. The topological polar surface area (TPSA) is 20.9 Å². The quantitative estimate of drug-likeness (QED) is 0.582. The van der Waals surface area contributed by atoms with Crippen LogP contribution in [0.1, 0.15) is 21.6 Å². The molecule has 86 valence electrons. The lowest BCUT2D eigenvalue weighted by Gasteiger charge is -2.01. The van der Waals surface area contributed by atoms with E-state index in [1.165, 1.54) is 0 Å². The van der Waals surface area contributed by atoms with Crippen LogP contribution in [0.5, 0.6) is 0 Å². The summed E-state index contributed by atoms with van der Waals surface area (Å²) in [5, 5.41) is 0. The first kappa shape index (κ1) is 11.5. The molecule has 2 nitrogen and oxygen atoms in total. The summed E-state index contributed by atoms with van der Waals surface area (Å²) in [5.74, 6) is 0.146. The van der Waals surface area contributed by atoms with Crippen LogP contribution in [0.2, 0.25) is 0 Å². The molecule has 2 aromatic rings. The second-order valence-corrected chi connectivity index (χ2v) is 4.26. The fourth-order valence-electron chi connectivity index (χ4n) is 1.80. The van der Waals surface area contributed by atoms with Crippen molar-refractivity contribution in [3.8, 4) is 0 Å². The molecule has 0 aliphatic carbocycles. The molecular formula is C15H16NO+. The van der Waals surface area contributed by atoms with Gasteiger partial charge in [0.1, 0.15) is 0 Å². The maximum absolute atomic E-state index is 12.1. The number of nitrogens with zero attached hydrogens (tertiary/aromatic N) is 1. The number of carbonyl (C=O) groups is 1. The van der Waals surface area contributed by atoms with Crippen molar-refractivity contribution in [2.24, 2.45) is 0 Å². The van der Waals surface area contributed by atoms with Gasteiger partial charge < -0.3 is 0 Å². The van der Waals surface area contributed by atoms with Crippen molar-refractivity contribution in [3.63, 3.8) is 0 Å². The number of carbonyl (C=O) groups excluding carboxylic acids is 1. The smallest absolute Gasteiger partial charge is 0.227 e. The lowest BCUT2D eigenvalue weighted by Crippen LogP contribution is -2.40. The van der Waals surface area contributed by atoms with Crippen LogP contribution in [0, 0.1) is 13.8 Å². The van der Waals surface area contributed by atoms with Crippen molar-refractivity contribution in [2.75, 3.05) is 0 Å². The van der Waals surface area contributed by atoms with Crippen molar-refractivity contribution < 1.29 is 9.36 Å². The molecule has 0 bridgehead atoms. The van der Waals surface area contributed by atoms with Gasteiger partial charge in [0.25, 0.3) is 0 Å². The fourth-order valence-corrected chi connectivity index (χ4v) is 1.80. The fraction of sp³-hybridized carbons (Fsp3) is 0.200. The minimum atomic E-state index is 0.146. The second kappa shape index (κ2) is 4.91. The van der Waals surface area contributed by atoms with Crippen LogP contribution in [0.4, 0.5) is 0 Å². The van der Waals surface area contributed by atoms with Crippen molar-refractivity contribution in [3.05, 3.63) is 65.5 Å². The molecule has 0 saturated carbocycles. The first-order valence-corrected chi connectivity index (χ1v) is 5.72. The van der Waals surface area contributed by atoms with Crippen molar-refractivity contribution in [1.82, 2.24) is 0 Å². The van der Waals surface area contributed by atoms with Crippen molar-refractivity contribution in [2.45, 2.75) is 20.4 Å². The molecule has 2 rings (SSSR count). The maximum Gasteiger partial charge on any atom is 0.227 e. The highest BCUT2D eigenvalue weighted by Gasteiger charge is 2.13. The van der Waals surface area contributed by atoms with Gasteiger partial charge in [0, 0.05) is 24.6 Å². The molecular weight excluding hydrogens is 210 g/mol. The molecule has 0 aliphatic heterocycles. The highest BCUT2D eigenvalue weighted by atomic mass is 16.1. The van der Waals surface area contributed by atoms with Crippen molar-refractivity contribution in [1.29, 1.82) is 0 Å². The Morgan fingerprint density at radius 3 is 2.65 bits per heavy atom. The van der Waals surface area contributed by atoms with E-state index >= 15 is 0 Å². The molecule has 0 saturated heterocycles. The van der Waals surface area contributed by atoms with Crippen LogP contribution in [0.25, 0.3) is 0 Å². The lowest BCUT2D eigenvalue weighted by atomic mass is 10.1. The SMILES string of the molecule is Cc1cccc(C(=O)C[n+]2ccccc2C)c1. The Balaban J connectivity index is 2.20. The summed E-state index contributed by atoms with van der Waals surface area (Å²) in [6.07, 6.45) is 1.93. The Labute approximate surface area is 102 Å². The minimum absolute atomic E-state index is 0.146. The summed E-state index contributed by atoms with van der Waals surface area (Å²) in [6.45, 7) is 4.40.